The quantitative estimate of drug-likeness (QED) is 0.101. The van der Waals surface area contributed by atoms with Gasteiger partial charge in [-0.1, -0.05) is 49.0 Å². The maximum atomic E-state index is 13.3. The molecular formula is C38H28FN5O5. The summed E-state index contributed by atoms with van der Waals surface area (Å²) in [6.07, 6.45) is 3.35. The number of anilines is 3. The lowest BCUT2D eigenvalue weighted by Gasteiger charge is -2.16. The molecule has 0 radical (unpaired) electrons. The van der Waals surface area contributed by atoms with E-state index in [1.54, 1.807) is 30.3 Å². The molecule has 6 aromatic rings. The third-order valence-corrected chi connectivity index (χ3v) is 8.14. The molecule has 242 valence electrons. The average molecular weight is 654 g/mol. The predicted octanol–water partition coefficient (Wildman–Crippen LogP) is 7.97. The SMILES string of the molecule is C=CC(=O)Nc1cccc(-c2c(-c3ccccc3)oc3ncnc(Oc4ccc(NC(=O)C5(C(=O)Nc6ccc(F)cc6)CC5)cc4)c23)c1. The van der Waals surface area contributed by atoms with Gasteiger partial charge in [-0.25, -0.2) is 14.4 Å². The van der Waals surface area contributed by atoms with E-state index in [-0.39, 0.29) is 11.8 Å². The zero-order chi connectivity index (χ0) is 34.0. The fraction of sp³-hybridized carbons (Fsp3) is 0.0789. The summed E-state index contributed by atoms with van der Waals surface area (Å²) in [6.45, 7) is 3.52. The molecule has 1 saturated carbocycles. The molecule has 3 N–H and O–H groups in total. The highest BCUT2D eigenvalue weighted by Crippen LogP contribution is 2.48. The number of nitrogens with zero attached hydrogens (tertiary/aromatic N) is 2. The van der Waals surface area contributed by atoms with Gasteiger partial charge in [0.05, 0.1) is 0 Å². The van der Waals surface area contributed by atoms with E-state index >= 15 is 0 Å². The van der Waals surface area contributed by atoms with Crippen molar-refractivity contribution in [1.82, 2.24) is 9.97 Å². The van der Waals surface area contributed by atoms with Crippen molar-refractivity contribution < 1.29 is 27.9 Å². The summed E-state index contributed by atoms with van der Waals surface area (Å²) >= 11 is 0. The van der Waals surface area contributed by atoms with Gasteiger partial charge in [0.1, 0.15) is 34.5 Å². The fourth-order valence-corrected chi connectivity index (χ4v) is 5.43. The highest BCUT2D eigenvalue weighted by atomic mass is 19.1. The summed E-state index contributed by atoms with van der Waals surface area (Å²) in [4.78, 5) is 47.0. The minimum atomic E-state index is -1.20. The number of carbonyl (C=O) groups excluding carboxylic acids is 3. The third kappa shape index (κ3) is 6.37. The van der Waals surface area contributed by atoms with Crippen molar-refractivity contribution in [2.45, 2.75) is 12.8 Å². The second-order valence-corrected chi connectivity index (χ2v) is 11.4. The summed E-state index contributed by atoms with van der Waals surface area (Å²) in [5.74, 6) is -0.429. The van der Waals surface area contributed by atoms with Crippen LogP contribution in [0, 0.1) is 11.2 Å². The molecule has 0 bridgehead atoms. The Morgan fingerprint density at radius 3 is 2.08 bits per heavy atom. The highest BCUT2D eigenvalue weighted by Gasteiger charge is 2.56. The second kappa shape index (κ2) is 12.9. The lowest BCUT2D eigenvalue weighted by Crippen LogP contribution is -2.35. The lowest BCUT2D eigenvalue weighted by atomic mass is 9.99. The van der Waals surface area contributed by atoms with E-state index in [2.05, 4.69) is 32.5 Å². The van der Waals surface area contributed by atoms with Crippen molar-refractivity contribution in [3.05, 3.63) is 128 Å². The number of ether oxygens (including phenoxy) is 1. The monoisotopic (exact) mass is 653 g/mol. The van der Waals surface area contributed by atoms with Crippen LogP contribution in [0.4, 0.5) is 21.5 Å². The first-order valence-corrected chi connectivity index (χ1v) is 15.4. The molecule has 3 amide bonds. The first-order chi connectivity index (χ1) is 23.8. The molecule has 0 saturated heterocycles. The van der Waals surface area contributed by atoms with E-state index in [1.807, 2.05) is 48.5 Å². The minimum absolute atomic E-state index is 0.234. The summed E-state index contributed by atoms with van der Waals surface area (Å²) in [6, 6.07) is 28.9. The van der Waals surface area contributed by atoms with E-state index in [0.717, 1.165) is 11.1 Å². The number of furan rings is 1. The van der Waals surface area contributed by atoms with Crippen molar-refractivity contribution in [2.75, 3.05) is 16.0 Å². The second-order valence-electron chi connectivity index (χ2n) is 11.4. The van der Waals surface area contributed by atoms with Gasteiger partial charge in [0.2, 0.25) is 29.3 Å². The molecule has 0 aliphatic heterocycles. The van der Waals surface area contributed by atoms with Crippen molar-refractivity contribution >= 4 is 45.9 Å². The number of fused-ring (bicyclic) bond motifs is 1. The van der Waals surface area contributed by atoms with E-state index in [0.29, 0.717) is 58.1 Å². The summed E-state index contributed by atoms with van der Waals surface area (Å²) < 4.78 is 25.8. The van der Waals surface area contributed by atoms with Crippen molar-refractivity contribution in [2.24, 2.45) is 5.41 Å². The number of nitrogens with one attached hydrogen (secondary N) is 3. The van der Waals surface area contributed by atoms with Crippen molar-refractivity contribution in [3.8, 4) is 34.1 Å². The van der Waals surface area contributed by atoms with Crippen molar-refractivity contribution in [3.63, 3.8) is 0 Å². The molecule has 1 fully saturated rings. The van der Waals surface area contributed by atoms with Crippen LogP contribution in [-0.2, 0) is 14.4 Å². The molecule has 1 aliphatic carbocycles. The lowest BCUT2D eigenvalue weighted by molar-refractivity contribution is -0.131. The van der Waals surface area contributed by atoms with Gasteiger partial charge in [-0.3, -0.25) is 14.4 Å². The molecule has 2 heterocycles. The van der Waals surface area contributed by atoms with Crippen LogP contribution < -0.4 is 20.7 Å². The Labute approximate surface area is 279 Å². The standard InChI is InChI=1S/C38H28FN5O5/c1-2-30(45)42-28-10-6-9-24(21-28)31-32-34(40-22-41-35(32)49-33(31)23-7-4-3-5-8-23)48-29-17-15-27(16-18-29)44-37(47)38(19-20-38)36(46)43-26-13-11-25(39)12-14-26/h2-18,21-22H,1,19-20H2,(H,42,45)(H,43,46)(H,44,47). The molecule has 0 unspecified atom stereocenters. The first-order valence-electron chi connectivity index (χ1n) is 15.4. The van der Waals surface area contributed by atoms with Crippen LogP contribution in [-0.4, -0.2) is 27.7 Å². The molecule has 7 rings (SSSR count). The van der Waals surface area contributed by atoms with Crippen LogP contribution in [0.5, 0.6) is 11.6 Å². The van der Waals surface area contributed by atoms with Crippen LogP contribution >= 0.6 is 0 Å². The number of halogens is 1. The molecule has 0 atom stereocenters. The van der Waals surface area contributed by atoms with Crippen molar-refractivity contribution in [1.29, 1.82) is 0 Å². The van der Waals surface area contributed by atoms with E-state index in [4.69, 9.17) is 9.15 Å². The van der Waals surface area contributed by atoms with Gasteiger partial charge in [-0.15, -0.1) is 0 Å². The number of benzene rings is 4. The van der Waals surface area contributed by atoms with E-state index in [9.17, 15) is 18.8 Å². The Balaban J connectivity index is 1.15. The molecule has 0 spiro atoms. The zero-order valence-electron chi connectivity index (χ0n) is 25.9. The molecule has 10 nitrogen and oxygen atoms in total. The fourth-order valence-electron chi connectivity index (χ4n) is 5.43. The van der Waals surface area contributed by atoms with Crippen LogP contribution in [0.25, 0.3) is 33.6 Å². The Morgan fingerprint density at radius 1 is 0.776 bits per heavy atom. The minimum Gasteiger partial charge on any atom is -0.438 e. The number of rotatable bonds is 10. The molecule has 49 heavy (non-hydrogen) atoms. The molecule has 11 heteroatoms. The van der Waals surface area contributed by atoms with Crippen LogP contribution in [0.15, 0.2) is 127 Å². The Hall–Kier alpha value is -6.62. The number of aromatic nitrogens is 2. The van der Waals surface area contributed by atoms with Gasteiger partial charge in [-0.2, -0.15) is 0 Å². The van der Waals surface area contributed by atoms with Gasteiger partial charge in [0.25, 0.3) is 0 Å². The van der Waals surface area contributed by atoms with Crippen LogP contribution in [0.3, 0.4) is 0 Å². The molecule has 1 aliphatic rings. The highest BCUT2D eigenvalue weighted by molar-refractivity contribution is 6.17. The number of hydrogen-bond donors (Lipinski definition) is 3. The predicted molar refractivity (Wildman–Crippen MR) is 183 cm³/mol. The summed E-state index contributed by atoms with van der Waals surface area (Å²) in [5, 5.41) is 8.84. The van der Waals surface area contributed by atoms with Gasteiger partial charge in [0, 0.05) is 28.2 Å². The molecular weight excluding hydrogens is 625 g/mol. The Bertz CT molecular complexity index is 2210. The smallest absolute Gasteiger partial charge is 0.247 e. The zero-order valence-corrected chi connectivity index (χ0v) is 25.9. The average Bonchev–Trinajstić information content (AvgIpc) is 3.85. The number of amides is 3. The maximum Gasteiger partial charge on any atom is 0.247 e. The first kappa shape index (κ1) is 31.0. The number of carbonyl (C=O) groups is 3. The number of hydrogen-bond acceptors (Lipinski definition) is 7. The van der Waals surface area contributed by atoms with Gasteiger partial charge in [0.15, 0.2) is 0 Å². The van der Waals surface area contributed by atoms with Gasteiger partial charge >= 0.3 is 0 Å². The Morgan fingerprint density at radius 2 is 1.43 bits per heavy atom. The van der Waals surface area contributed by atoms with Gasteiger partial charge < -0.3 is 25.1 Å². The summed E-state index contributed by atoms with van der Waals surface area (Å²) in [5.41, 5.74) is 2.76. The molecule has 2 aromatic heterocycles. The normalized spacial score (nSPS) is 12.9. The largest absolute Gasteiger partial charge is 0.438 e. The maximum absolute atomic E-state index is 13.3. The Kier molecular flexibility index (Phi) is 8.15. The summed E-state index contributed by atoms with van der Waals surface area (Å²) in [7, 11) is 0. The van der Waals surface area contributed by atoms with Gasteiger partial charge in [-0.05, 0) is 85.1 Å². The molecule has 4 aromatic carbocycles. The van der Waals surface area contributed by atoms with E-state index in [1.165, 1.54) is 36.7 Å². The third-order valence-electron chi connectivity index (χ3n) is 8.14. The van der Waals surface area contributed by atoms with Crippen LogP contribution in [0.1, 0.15) is 12.8 Å². The van der Waals surface area contributed by atoms with E-state index < -0.39 is 23.0 Å². The van der Waals surface area contributed by atoms with Crippen LogP contribution in [0.2, 0.25) is 0 Å². The topological polar surface area (TPSA) is 135 Å².